The zero-order valence-corrected chi connectivity index (χ0v) is 12.9. The van der Waals surface area contributed by atoms with Crippen molar-refractivity contribution in [1.29, 1.82) is 0 Å². The van der Waals surface area contributed by atoms with Gasteiger partial charge in [-0.25, -0.2) is 0 Å². The van der Waals surface area contributed by atoms with Crippen molar-refractivity contribution in [3.05, 3.63) is 18.0 Å². The first kappa shape index (κ1) is 15.4. The third-order valence-corrected chi connectivity index (χ3v) is 4.30. The topological polar surface area (TPSA) is 62.3 Å². The third kappa shape index (κ3) is 4.02. The van der Waals surface area contributed by atoms with Crippen molar-refractivity contribution in [3.63, 3.8) is 0 Å². The average Bonchev–Trinajstić information content (AvgIpc) is 2.75. The second-order valence-electron chi connectivity index (χ2n) is 6.00. The molecule has 1 aromatic heterocycles. The van der Waals surface area contributed by atoms with Crippen LogP contribution in [0.4, 0.5) is 0 Å². The monoisotopic (exact) mass is 280 g/mol. The van der Waals surface area contributed by atoms with Crippen LogP contribution >= 0.6 is 0 Å². The summed E-state index contributed by atoms with van der Waals surface area (Å²) in [5.74, 6) is 5.82. The molecule has 0 amide bonds. The van der Waals surface area contributed by atoms with Gasteiger partial charge in [0.15, 0.2) is 0 Å². The number of hydrogen-bond acceptors (Lipinski definition) is 5. The van der Waals surface area contributed by atoms with Crippen molar-refractivity contribution in [1.82, 2.24) is 25.0 Å². The molecule has 0 spiro atoms. The summed E-state index contributed by atoms with van der Waals surface area (Å²) < 4.78 is 1.85. The number of hydrogen-bond donors (Lipinski definition) is 2. The standard InChI is InChI=1S/C14H28N6/c1-18-7-4-8-19(2)14(11-18)13(17-15)6-5-12-9-16-20(3)10-12/h9-10,13-14,17H,4-8,11,15H2,1-3H3. The molecule has 0 saturated carbocycles. The van der Waals surface area contributed by atoms with Crippen LogP contribution in [0.2, 0.25) is 0 Å². The van der Waals surface area contributed by atoms with E-state index >= 15 is 0 Å². The van der Waals surface area contributed by atoms with E-state index in [9.17, 15) is 0 Å². The first-order chi connectivity index (χ1) is 9.60. The van der Waals surface area contributed by atoms with Gasteiger partial charge in [0.05, 0.1) is 6.20 Å². The smallest absolute Gasteiger partial charge is 0.0521 e. The van der Waals surface area contributed by atoms with Gasteiger partial charge in [0.1, 0.15) is 0 Å². The summed E-state index contributed by atoms with van der Waals surface area (Å²) >= 11 is 0. The Kier molecular flexibility index (Phi) is 5.54. The van der Waals surface area contributed by atoms with Crippen LogP contribution in [-0.2, 0) is 13.5 Å². The Balaban J connectivity index is 1.95. The molecular formula is C14H28N6. The summed E-state index contributed by atoms with van der Waals surface area (Å²) in [6, 6.07) is 0.768. The number of likely N-dealkylation sites (N-methyl/N-ethyl adjacent to an activating group) is 2. The average molecular weight is 280 g/mol. The zero-order valence-electron chi connectivity index (χ0n) is 12.9. The molecular weight excluding hydrogens is 252 g/mol. The van der Waals surface area contributed by atoms with Gasteiger partial charge in [-0.1, -0.05) is 0 Å². The number of aryl methyl sites for hydroxylation is 2. The van der Waals surface area contributed by atoms with Gasteiger partial charge in [0, 0.05) is 31.9 Å². The van der Waals surface area contributed by atoms with E-state index in [0.29, 0.717) is 12.1 Å². The second kappa shape index (κ2) is 7.17. The maximum absolute atomic E-state index is 5.82. The molecule has 2 heterocycles. The third-order valence-electron chi connectivity index (χ3n) is 4.30. The lowest BCUT2D eigenvalue weighted by atomic mass is 10.00. The highest BCUT2D eigenvalue weighted by Crippen LogP contribution is 2.14. The highest BCUT2D eigenvalue weighted by Gasteiger charge is 2.27. The number of nitrogens with zero attached hydrogens (tertiary/aromatic N) is 4. The Morgan fingerprint density at radius 1 is 1.40 bits per heavy atom. The number of rotatable bonds is 5. The van der Waals surface area contributed by atoms with Crippen molar-refractivity contribution in [2.45, 2.75) is 31.3 Å². The lowest BCUT2D eigenvalue weighted by Crippen LogP contribution is -2.54. The molecule has 0 aromatic carbocycles. The summed E-state index contributed by atoms with van der Waals surface area (Å²) in [5.41, 5.74) is 4.31. The highest BCUT2D eigenvalue weighted by atomic mass is 15.3. The van der Waals surface area contributed by atoms with Crippen molar-refractivity contribution in [2.24, 2.45) is 12.9 Å². The molecule has 6 nitrogen and oxygen atoms in total. The van der Waals surface area contributed by atoms with Gasteiger partial charge in [-0.2, -0.15) is 5.10 Å². The fraction of sp³-hybridized carbons (Fsp3) is 0.786. The molecule has 0 bridgehead atoms. The Hall–Kier alpha value is -0.950. The highest BCUT2D eigenvalue weighted by molar-refractivity contribution is 5.04. The normalized spacial score (nSPS) is 23.7. The van der Waals surface area contributed by atoms with E-state index in [1.54, 1.807) is 0 Å². The van der Waals surface area contributed by atoms with Crippen molar-refractivity contribution < 1.29 is 0 Å². The van der Waals surface area contributed by atoms with Gasteiger partial charge < -0.3 is 9.80 Å². The summed E-state index contributed by atoms with van der Waals surface area (Å²) in [5, 5.41) is 4.22. The van der Waals surface area contributed by atoms with Crippen LogP contribution in [-0.4, -0.2) is 65.4 Å². The van der Waals surface area contributed by atoms with E-state index in [2.05, 4.69) is 40.6 Å². The SMILES string of the molecule is CN1CCCN(C)C(C(CCc2cnn(C)c2)NN)C1. The fourth-order valence-electron chi connectivity index (χ4n) is 3.05. The minimum absolute atomic E-state index is 0.306. The molecule has 1 aromatic rings. The second-order valence-corrected chi connectivity index (χ2v) is 6.00. The molecule has 2 rings (SSSR count). The predicted molar refractivity (Wildman–Crippen MR) is 81.2 cm³/mol. The largest absolute Gasteiger partial charge is 0.305 e. The van der Waals surface area contributed by atoms with E-state index in [0.717, 1.165) is 25.9 Å². The number of aromatic nitrogens is 2. The molecule has 114 valence electrons. The van der Waals surface area contributed by atoms with E-state index in [1.807, 2.05) is 17.9 Å². The Labute approximate surface area is 121 Å². The molecule has 20 heavy (non-hydrogen) atoms. The molecule has 3 N–H and O–H groups in total. The number of nitrogens with one attached hydrogen (secondary N) is 1. The quantitative estimate of drug-likeness (QED) is 0.579. The van der Waals surface area contributed by atoms with E-state index in [4.69, 9.17) is 5.84 Å². The van der Waals surface area contributed by atoms with Crippen molar-refractivity contribution >= 4 is 0 Å². The van der Waals surface area contributed by atoms with Crippen molar-refractivity contribution in [2.75, 3.05) is 33.7 Å². The first-order valence-electron chi connectivity index (χ1n) is 7.42. The molecule has 0 aliphatic carbocycles. The summed E-state index contributed by atoms with van der Waals surface area (Å²) in [7, 11) is 6.36. The van der Waals surface area contributed by atoms with Gasteiger partial charge >= 0.3 is 0 Å². The zero-order chi connectivity index (χ0) is 14.5. The van der Waals surface area contributed by atoms with Gasteiger partial charge in [-0.3, -0.25) is 16.0 Å². The lowest BCUT2D eigenvalue weighted by molar-refractivity contribution is 0.173. The molecule has 6 heteroatoms. The van der Waals surface area contributed by atoms with Crippen LogP contribution in [0.3, 0.4) is 0 Å². The maximum Gasteiger partial charge on any atom is 0.0521 e. The molecule has 1 saturated heterocycles. The number of hydrazine groups is 1. The first-order valence-corrected chi connectivity index (χ1v) is 7.42. The van der Waals surface area contributed by atoms with Crippen molar-refractivity contribution in [3.8, 4) is 0 Å². The van der Waals surface area contributed by atoms with E-state index in [-0.39, 0.29) is 0 Å². The van der Waals surface area contributed by atoms with E-state index in [1.165, 1.54) is 18.5 Å². The molecule has 0 radical (unpaired) electrons. The summed E-state index contributed by atoms with van der Waals surface area (Å²) in [6.07, 6.45) is 7.29. The molecule has 2 unspecified atom stereocenters. The van der Waals surface area contributed by atoms with Crippen LogP contribution in [0, 0.1) is 0 Å². The molecule has 2 atom stereocenters. The molecule has 1 fully saturated rings. The molecule has 1 aliphatic rings. The summed E-state index contributed by atoms with van der Waals surface area (Å²) in [4.78, 5) is 4.85. The predicted octanol–water partition coefficient (Wildman–Crippen LogP) is -0.179. The number of nitrogens with two attached hydrogens (primary N) is 1. The van der Waals surface area contributed by atoms with Crippen LogP contribution in [0.1, 0.15) is 18.4 Å². The molecule has 1 aliphatic heterocycles. The minimum Gasteiger partial charge on any atom is -0.305 e. The van der Waals surface area contributed by atoms with Gasteiger partial charge in [0.2, 0.25) is 0 Å². The Morgan fingerprint density at radius 3 is 2.85 bits per heavy atom. The van der Waals surface area contributed by atoms with Crippen LogP contribution < -0.4 is 11.3 Å². The fourth-order valence-corrected chi connectivity index (χ4v) is 3.05. The maximum atomic E-state index is 5.82. The van der Waals surface area contributed by atoms with Crippen LogP contribution in [0.5, 0.6) is 0 Å². The lowest BCUT2D eigenvalue weighted by Gasteiger charge is -2.34. The van der Waals surface area contributed by atoms with E-state index < -0.39 is 0 Å². The van der Waals surface area contributed by atoms with Crippen LogP contribution in [0.15, 0.2) is 12.4 Å². The Bertz CT molecular complexity index is 404. The van der Waals surface area contributed by atoms with Gasteiger partial charge in [-0.05, 0) is 52.0 Å². The minimum atomic E-state index is 0.306. The summed E-state index contributed by atoms with van der Waals surface area (Å²) in [6.45, 7) is 3.37. The van der Waals surface area contributed by atoms with Gasteiger partial charge in [0.25, 0.3) is 0 Å². The van der Waals surface area contributed by atoms with Crippen LogP contribution in [0.25, 0.3) is 0 Å². The Morgan fingerprint density at radius 2 is 2.20 bits per heavy atom. The van der Waals surface area contributed by atoms with Gasteiger partial charge in [-0.15, -0.1) is 0 Å².